The molecule has 1 aliphatic heterocycles. The number of hydrogen-bond acceptors (Lipinski definition) is 6. The van der Waals surface area contributed by atoms with Crippen LogP contribution in [0.15, 0.2) is 70.2 Å². The molecule has 1 aromatic heterocycles. The Kier molecular flexibility index (Phi) is 7.55. The quantitative estimate of drug-likeness (QED) is 0.492. The van der Waals surface area contributed by atoms with Gasteiger partial charge in [0, 0.05) is 38.4 Å². The number of piperazine rings is 1. The van der Waals surface area contributed by atoms with Crippen LogP contribution >= 0.6 is 0 Å². The first kappa shape index (κ1) is 24.3. The Morgan fingerprint density at radius 1 is 1.09 bits per heavy atom. The first-order valence-corrected chi connectivity index (χ1v) is 12.9. The highest BCUT2D eigenvalue weighted by molar-refractivity contribution is 7.89. The number of anilines is 1. The number of benzene rings is 2. The summed E-state index contributed by atoms with van der Waals surface area (Å²) < 4.78 is 53.3. The number of hydrogen-bond donors (Lipinski definition) is 1. The monoisotopic (exact) mass is 487 g/mol. The minimum absolute atomic E-state index is 0.179. The molecule has 1 atom stereocenters. The number of halogens is 1. The normalized spacial score (nSPS) is 15.9. The zero-order valence-corrected chi connectivity index (χ0v) is 20.2. The van der Waals surface area contributed by atoms with Gasteiger partial charge in [-0.05, 0) is 74.0 Å². The molecule has 0 bridgehead atoms. The summed E-state index contributed by atoms with van der Waals surface area (Å²) in [5.74, 6) is 1.13. The zero-order chi connectivity index (χ0) is 24.1. The van der Waals surface area contributed by atoms with E-state index in [0.29, 0.717) is 31.2 Å². The van der Waals surface area contributed by atoms with Crippen molar-refractivity contribution in [2.75, 3.05) is 44.2 Å². The molecular formula is C25H30FN3O4S. The van der Waals surface area contributed by atoms with Crippen LogP contribution in [0.2, 0.25) is 0 Å². The summed E-state index contributed by atoms with van der Waals surface area (Å²) in [5, 5.41) is 0. The molecule has 0 saturated carbocycles. The van der Waals surface area contributed by atoms with Gasteiger partial charge < -0.3 is 14.1 Å². The van der Waals surface area contributed by atoms with Crippen molar-refractivity contribution < 1.29 is 22.0 Å². The molecule has 2 aromatic carbocycles. The van der Waals surface area contributed by atoms with Gasteiger partial charge in [0.05, 0.1) is 23.8 Å². The second-order valence-corrected chi connectivity index (χ2v) is 10.0. The van der Waals surface area contributed by atoms with Crippen LogP contribution in [0.25, 0.3) is 0 Å². The van der Waals surface area contributed by atoms with Crippen molar-refractivity contribution in [2.24, 2.45) is 0 Å². The van der Waals surface area contributed by atoms with E-state index in [0.717, 1.165) is 24.3 Å². The van der Waals surface area contributed by atoms with Crippen molar-refractivity contribution in [3.63, 3.8) is 0 Å². The lowest BCUT2D eigenvalue weighted by Gasteiger charge is -2.39. The van der Waals surface area contributed by atoms with Gasteiger partial charge in [0.25, 0.3) is 0 Å². The van der Waals surface area contributed by atoms with Crippen molar-refractivity contribution in [3.05, 3.63) is 78.0 Å². The van der Waals surface area contributed by atoms with Crippen LogP contribution in [0.1, 0.15) is 24.3 Å². The molecule has 34 heavy (non-hydrogen) atoms. The fourth-order valence-corrected chi connectivity index (χ4v) is 5.34. The molecule has 4 rings (SSSR count). The maximum atomic E-state index is 13.3. The van der Waals surface area contributed by atoms with Gasteiger partial charge in [-0.1, -0.05) is 0 Å². The molecule has 1 unspecified atom stereocenters. The molecule has 1 aliphatic rings. The van der Waals surface area contributed by atoms with E-state index in [1.54, 1.807) is 42.7 Å². The van der Waals surface area contributed by atoms with Crippen LogP contribution in [-0.2, 0) is 10.0 Å². The molecule has 0 radical (unpaired) electrons. The number of sulfonamides is 1. The highest BCUT2D eigenvalue weighted by Crippen LogP contribution is 2.26. The predicted molar refractivity (Wildman–Crippen MR) is 129 cm³/mol. The second-order valence-electron chi connectivity index (χ2n) is 8.24. The van der Waals surface area contributed by atoms with E-state index in [2.05, 4.69) is 14.5 Å². The first-order valence-electron chi connectivity index (χ1n) is 11.4. The third-order valence-electron chi connectivity index (χ3n) is 6.04. The Morgan fingerprint density at radius 2 is 1.82 bits per heavy atom. The number of ether oxygens (including phenoxy) is 1. The lowest BCUT2D eigenvalue weighted by atomic mass is 10.1. The van der Waals surface area contributed by atoms with E-state index in [4.69, 9.17) is 9.15 Å². The average molecular weight is 488 g/mol. The van der Waals surface area contributed by atoms with Crippen molar-refractivity contribution >= 4 is 15.7 Å². The van der Waals surface area contributed by atoms with Crippen LogP contribution in [0.3, 0.4) is 0 Å². The third-order valence-corrected chi connectivity index (χ3v) is 7.46. The van der Waals surface area contributed by atoms with Crippen molar-refractivity contribution in [1.29, 1.82) is 0 Å². The van der Waals surface area contributed by atoms with Crippen molar-refractivity contribution in [3.8, 4) is 5.75 Å². The maximum Gasteiger partial charge on any atom is 0.240 e. The molecule has 9 heteroatoms. The smallest absolute Gasteiger partial charge is 0.240 e. The third kappa shape index (κ3) is 5.60. The van der Waals surface area contributed by atoms with Crippen molar-refractivity contribution in [2.45, 2.75) is 24.8 Å². The number of aryl methyl sites for hydroxylation is 1. The topological polar surface area (TPSA) is 75.0 Å². The van der Waals surface area contributed by atoms with Gasteiger partial charge in [-0.15, -0.1) is 0 Å². The Balaban J connectivity index is 1.44. The van der Waals surface area contributed by atoms with Gasteiger partial charge >= 0.3 is 0 Å². The molecule has 1 fully saturated rings. The van der Waals surface area contributed by atoms with E-state index in [1.165, 1.54) is 12.1 Å². The molecule has 1 saturated heterocycles. The number of nitrogens with zero attached hydrogens (tertiary/aromatic N) is 2. The van der Waals surface area contributed by atoms with Crippen LogP contribution in [0, 0.1) is 12.7 Å². The van der Waals surface area contributed by atoms with E-state index < -0.39 is 10.0 Å². The Morgan fingerprint density at radius 3 is 2.44 bits per heavy atom. The maximum absolute atomic E-state index is 13.3. The number of rotatable bonds is 9. The van der Waals surface area contributed by atoms with Gasteiger partial charge in [0.2, 0.25) is 10.0 Å². The molecule has 0 aliphatic carbocycles. The Hall–Kier alpha value is -2.88. The van der Waals surface area contributed by atoms with Gasteiger partial charge in [0.15, 0.2) is 0 Å². The molecule has 0 spiro atoms. The molecule has 1 N–H and O–H groups in total. The minimum atomic E-state index is -3.72. The summed E-state index contributed by atoms with van der Waals surface area (Å²) >= 11 is 0. The van der Waals surface area contributed by atoms with Gasteiger partial charge in [0.1, 0.15) is 17.3 Å². The summed E-state index contributed by atoms with van der Waals surface area (Å²) in [6, 6.07) is 14.8. The van der Waals surface area contributed by atoms with Gasteiger partial charge in [-0.2, -0.15) is 0 Å². The highest BCUT2D eigenvalue weighted by Gasteiger charge is 2.29. The summed E-state index contributed by atoms with van der Waals surface area (Å²) in [6.45, 7) is 7.33. The van der Waals surface area contributed by atoms with E-state index >= 15 is 0 Å². The second kappa shape index (κ2) is 10.6. The standard InChI is InChI=1S/C25H30FN3O4S/c1-3-32-24-11-10-22(17-19(24)2)34(30,31)27-18-23(25-5-4-16-33-25)29-14-12-28(13-15-29)21-8-6-20(26)7-9-21/h4-11,16-17,23,27H,3,12-15,18H2,1-2H3. The predicted octanol–water partition coefficient (Wildman–Crippen LogP) is 3.97. The summed E-state index contributed by atoms with van der Waals surface area (Å²) in [5.41, 5.74) is 1.74. The summed E-state index contributed by atoms with van der Waals surface area (Å²) in [4.78, 5) is 4.61. The molecule has 2 heterocycles. The summed E-state index contributed by atoms with van der Waals surface area (Å²) in [6.07, 6.45) is 1.60. The lowest BCUT2D eigenvalue weighted by molar-refractivity contribution is 0.166. The van der Waals surface area contributed by atoms with E-state index in [-0.39, 0.29) is 23.3 Å². The average Bonchev–Trinajstić information content (AvgIpc) is 3.36. The van der Waals surface area contributed by atoms with Gasteiger partial charge in [-0.3, -0.25) is 4.90 Å². The molecular weight excluding hydrogens is 457 g/mol. The molecule has 7 nitrogen and oxygen atoms in total. The zero-order valence-electron chi connectivity index (χ0n) is 19.4. The minimum Gasteiger partial charge on any atom is -0.494 e. The SMILES string of the molecule is CCOc1ccc(S(=O)(=O)NCC(c2ccco2)N2CCN(c3ccc(F)cc3)CC2)cc1C. The van der Waals surface area contributed by atoms with Crippen molar-refractivity contribution in [1.82, 2.24) is 9.62 Å². The van der Waals surface area contributed by atoms with Crippen LogP contribution in [0.4, 0.5) is 10.1 Å². The van der Waals surface area contributed by atoms with Gasteiger partial charge in [-0.25, -0.2) is 17.5 Å². The number of nitrogens with one attached hydrogen (secondary N) is 1. The van der Waals surface area contributed by atoms with Crippen LogP contribution < -0.4 is 14.4 Å². The molecule has 182 valence electrons. The van der Waals surface area contributed by atoms with E-state index in [1.807, 2.05) is 19.9 Å². The Bertz CT molecular complexity index is 1180. The lowest BCUT2D eigenvalue weighted by Crippen LogP contribution is -2.49. The Labute approximate surface area is 200 Å². The fourth-order valence-electron chi connectivity index (χ4n) is 4.21. The first-order chi connectivity index (χ1) is 16.4. The van der Waals surface area contributed by atoms with Crippen LogP contribution in [-0.4, -0.2) is 52.6 Å². The molecule has 0 amide bonds. The summed E-state index contributed by atoms with van der Waals surface area (Å²) in [7, 11) is -3.72. The largest absolute Gasteiger partial charge is 0.494 e. The van der Waals surface area contributed by atoms with E-state index in [9.17, 15) is 12.8 Å². The fraction of sp³-hybridized carbons (Fsp3) is 0.360. The van der Waals surface area contributed by atoms with Crippen LogP contribution in [0.5, 0.6) is 5.75 Å². The highest BCUT2D eigenvalue weighted by atomic mass is 32.2. The number of furan rings is 1. The molecule has 3 aromatic rings.